The predicted octanol–water partition coefficient (Wildman–Crippen LogP) is 7.19. The van der Waals surface area contributed by atoms with Gasteiger partial charge in [0.2, 0.25) is 5.89 Å². The molecule has 0 aliphatic heterocycles. The summed E-state index contributed by atoms with van der Waals surface area (Å²) < 4.78 is 55.2. The van der Waals surface area contributed by atoms with Gasteiger partial charge in [-0.05, 0) is 73.0 Å². The van der Waals surface area contributed by atoms with Gasteiger partial charge in [0.05, 0.1) is 0 Å². The van der Waals surface area contributed by atoms with Crippen LogP contribution in [0.15, 0.2) is 63.4 Å². The highest BCUT2D eigenvalue weighted by molar-refractivity contribution is 5.79. The van der Waals surface area contributed by atoms with E-state index in [4.69, 9.17) is 8.83 Å². The van der Waals surface area contributed by atoms with Gasteiger partial charge < -0.3 is 13.7 Å². The molecule has 5 nitrogen and oxygen atoms in total. The highest BCUT2D eigenvalue weighted by Gasteiger charge is 2.53. The van der Waals surface area contributed by atoms with Crippen molar-refractivity contribution in [2.75, 3.05) is 19.0 Å². The lowest BCUT2D eigenvalue weighted by molar-refractivity contribution is -0.173. The number of benzene rings is 3. The predicted molar refractivity (Wildman–Crippen MR) is 130 cm³/mol. The Morgan fingerprint density at radius 3 is 1.97 bits per heavy atom. The molecule has 0 aliphatic rings. The number of aryl methyl sites for hydroxylation is 2. The maximum absolute atomic E-state index is 14.6. The zero-order chi connectivity index (χ0) is 25.1. The zero-order valence-electron chi connectivity index (χ0n) is 20.0. The average Bonchev–Trinajstić information content (AvgIpc) is 3.38. The van der Waals surface area contributed by atoms with Crippen LogP contribution in [-0.4, -0.2) is 30.2 Å². The minimum absolute atomic E-state index is 0.0649. The van der Waals surface area contributed by atoms with E-state index < -0.39 is 11.6 Å². The lowest BCUT2D eigenvalue weighted by Gasteiger charge is -2.33. The molecule has 3 aromatic carbocycles. The second-order valence-electron chi connectivity index (χ2n) is 9.19. The van der Waals surface area contributed by atoms with Crippen LogP contribution in [-0.2, 0) is 5.41 Å². The number of oxazole rings is 2. The quantitative estimate of drug-likeness (QED) is 0.273. The standard InChI is InChI=1S/C27H24F3N3O2/c1-15-10-17(12-20(11-15)33(4)5)25-32-22-14-19(7-9-24(22)35-25)26(3,27(28,29)30)18-6-8-23-21(13-18)31-16(2)34-23/h6-14H,1-5H3. The fourth-order valence-electron chi connectivity index (χ4n) is 4.35. The Bertz CT molecular complexity index is 1570. The number of nitrogens with zero attached hydrogens (tertiary/aromatic N) is 3. The normalized spacial score (nSPS) is 13.9. The molecule has 1 atom stereocenters. The van der Waals surface area contributed by atoms with Crippen LogP contribution in [0.25, 0.3) is 33.7 Å². The molecule has 0 saturated heterocycles. The Hall–Kier alpha value is -3.81. The summed E-state index contributed by atoms with van der Waals surface area (Å²) in [6.45, 7) is 4.81. The third kappa shape index (κ3) is 3.83. The molecule has 2 heterocycles. The fraction of sp³-hybridized carbons (Fsp3) is 0.259. The molecule has 5 aromatic rings. The molecule has 0 aliphatic carbocycles. The smallest absolute Gasteiger partial charge is 0.402 e. The van der Waals surface area contributed by atoms with Gasteiger partial charge in [-0.3, -0.25) is 0 Å². The SMILES string of the molecule is Cc1cc(-c2nc3cc(C(C)(c4ccc5oc(C)nc5c4)C(F)(F)F)ccc3o2)cc(N(C)C)c1. The van der Waals surface area contributed by atoms with Gasteiger partial charge >= 0.3 is 6.18 Å². The highest BCUT2D eigenvalue weighted by Crippen LogP contribution is 2.47. The summed E-state index contributed by atoms with van der Waals surface area (Å²) in [6, 6.07) is 14.8. The molecule has 0 radical (unpaired) electrons. The topological polar surface area (TPSA) is 55.3 Å². The number of hydrogen-bond acceptors (Lipinski definition) is 5. The van der Waals surface area contributed by atoms with E-state index in [1.54, 1.807) is 13.0 Å². The van der Waals surface area contributed by atoms with Gasteiger partial charge in [0.15, 0.2) is 17.1 Å². The van der Waals surface area contributed by atoms with Crippen molar-refractivity contribution in [2.45, 2.75) is 32.4 Å². The van der Waals surface area contributed by atoms with Crippen LogP contribution in [0.5, 0.6) is 0 Å². The Labute approximate surface area is 200 Å². The number of halogens is 3. The third-order valence-corrected chi connectivity index (χ3v) is 6.43. The molecule has 0 saturated carbocycles. The maximum Gasteiger partial charge on any atom is 0.402 e. The Kier molecular flexibility index (Phi) is 5.16. The van der Waals surface area contributed by atoms with Crippen LogP contribution >= 0.6 is 0 Å². The second-order valence-corrected chi connectivity index (χ2v) is 9.19. The van der Waals surface area contributed by atoms with E-state index in [0.29, 0.717) is 34.0 Å². The first-order valence-electron chi connectivity index (χ1n) is 11.1. The molecular formula is C27H24F3N3O2. The molecule has 5 rings (SSSR count). The van der Waals surface area contributed by atoms with Gasteiger partial charge in [-0.15, -0.1) is 0 Å². The molecule has 0 N–H and O–H groups in total. The molecule has 2 aromatic heterocycles. The summed E-state index contributed by atoms with van der Waals surface area (Å²) in [5.74, 6) is 0.758. The second kappa shape index (κ2) is 7.86. The van der Waals surface area contributed by atoms with Gasteiger partial charge in [-0.1, -0.05) is 12.1 Å². The largest absolute Gasteiger partial charge is 0.441 e. The summed E-state index contributed by atoms with van der Waals surface area (Å²) in [6.07, 6.45) is -4.57. The van der Waals surface area contributed by atoms with Crippen molar-refractivity contribution in [3.8, 4) is 11.5 Å². The minimum atomic E-state index is -4.57. The van der Waals surface area contributed by atoms with Crippen LogP contribution in [0.4, 0.5) is 18.9 Å². The Morgan fingerprint density at radius 2 is 1.37 bits per heavy atom. The number of anilines is 1. The summed E-state index contributed by atoms with van der Waals surface area (Å²) in [5.41, 5.74) is 2.23. The van der Waals surface area contributed by atoms with E-state index in [0.717, 1.165) is 16.8 Å². The Balaban J connectivity index is 1.64. The van der Waals surface area contributed by atoms with Gasteiger partial charge in [-0.25, -0.2) is 9.97 Å². The molecule has 1 unspecified atom stereocenters. The number of fused-ring (bicyclic) bond motifs is 2. The molecule has 180 valence electrons. The van der Waals surface area contributed by atoms with Gasteiger partial charge in [0.25, 0.3) is 0 Å². The number of hydrogen-bond donors (Lipinski definition) is 0. The first kappa shape index (κ1) is 23.0. The van der Waals surface area contributed by atoms with Crippen molar-refractivity contribution in [3.63, 3.8) is 0 Å². The Morgan fingerprint density at radius 1 is 0.771 bits per heavy atom. The van der Waals surface area contributed by atoms with Gasteiger partial charge in [0, 0.05) is 32.3 Å². The van der Waals surface area contributed by atoms with Crippen molar-refractivity contribution < 1.29 is 22.0 Å². The van der Waals surface area contributed by atoms with E-state index in [2.05, 4.69) is 9.97 Å². The molecule has 0 amide bonds. The van der Waals surface area contributed by atoms with Crippen LogP contribution in [0, 0.1) is 13.8 Å². The molecule has 0 fully saturated rings. The number of aromatic nitrogens is 2. The first-order valence-corrected chi connectivity index (χ1v) is 11.1. The van der Waals surface area contributed by atoms with Crippen molar-refractivity contribution >= 4 is 27.9 Å². The molecule has 8 heteroatoms. The van der Waals surface area contributed by atoms with Crippen molar-refractivity contribution in [2.24, 2.45) is 0 Å². The zero-order valence-corrected chi connectivity index (χ0v) is 20.0. The average molecular weight is 480 g/mol. The lowest BCUT2D eigenvalue weighted by Crippen LogP contribution is -2.40. The van der Waals surface area contributed by atoms with E-state index in [1.165, 1.54) is 37.3 Å². The van der Waals surface area contributed by atoms with Crippen LogP contribution in [0.1, 0.15) is 29.5 Å². The molecular weight excluding hydrogens is 455 g/mol. The van der Waals surface area contributed by atoms with Crippen molar-refractivity contribution in [3.05, 3.63) is 77.2 Å². The summed E-state index contributed by atoms with van der Waals surface area (Å²) in [7, 11) is 3.87. The number of alkyl halides is 3. The summed E-state index contributed by atoms with van der Waals surface area (Å²) in [4.78, 5) is 10.7. The van der Waals surface area contributed by atoms with Crippen LogP contribution in [0.3, 0.4) is 0 Å². The van der Waals surface area contributed by atoms with Crippen LogP contribution in [0.2, 0.25) is 0 Å². The van der Waals surface area contributed by atoms with Crippen molar-refractivity contribution in [1.82, 2.24) is 9.97 Å². The monoisotopic (exact) mass is 479 g/mol. The van der Waals surface area contributed by atoms with Gasteiger partial charge in [-0.2, -0.15) is 13.2 Å². The summed E-state index contributed by atoms with van der Waals surface area (Å²) >= 11 is 0. The number of rotatable bonds is 4. The van der Waals surface area contributed by atoms with Crippen LogP contribution < -0.4 is 4.90 Å². The first-order chi connectivity index (χ1) is 16.5. The molecule has 0 bridgehead atoms. The summed E-state index contributed by atoms with van der Waals surface area (Å²) in [5, 5.41) is 0. The highest BCUT2D eigenvalue weighted by atomic mass is 19.4. The molecule has 35 heavy (non-hydrogen) atoms. The van der Waals surface area contributed by atoms with Crippen molar-refractivity contribution in [1.29, 1.82) is 0 Å². The minimum Gasteiger partial charge on any atom is -0.441 e. The fourth-order valence-corrected chi connectivity index (χ4v) is 4.35. The van der Waals surface area contributed by atoms with E-state index >= 15 is 0 Å². The van der Waals surface area contributed by atoms with E-state index in [9.17, 15) is 13.2 Å². The third-order valence-electron chi connectivity index (χ3n) is 6.43. The molecule has 0 spiro atoms. The van der Waals surface area contributed by atoms with E-state index in [1.807, 2.05) is 44.1 Å². The van der Waals surface area contributed by atoms with E-state index in [-0.39, 0.29) is 11.1 Å². The lowest BCUT2D eigenvalue weighted by atomic mass is 9.75. The maximum atomic E-state index is 14.6. The van der Waals surface area contributed by atoms with Gasteiger partial charge in [0.1, 0.15) is 16.4 Å².